The predicted octanol–water partition coefficient (Wildman–Crippen LogP) is 4.81. The van der Waals surface area contributed by atoms with Gasteiger partial charge in [0, 0.05) is 5.75 Å². The second-order valence-electron chi connectivity index (χ2n) is 5.17. The minimum atomic E-state index is -0.273. The molecule has 0 saturated carbocycles. The molecule has 0 unspecified atom stereocenters. The molecule has 7 heteroatoms. The molecule has 1 aromatic heterocycles. The molecule has 2 aromatic rings. The molecule has 2 rings (SSSR count). The van der Waals surface area contributed by atoms with Gasteiger partial charge in [0.05, 0.1) is 15.6 Å². The van der Waals surface area contributed by atoms with Gasteiger partial charge >= 0.3 is 0 Å². The Morgan fingerprint density at radius 3 is 2.70 bits per heavy atom. The van der Waals surface area contributed by atoms with Gasteiger partial charge in [-0.3, -0.25) is 4.79 Å². The number of thioether (sulfide) groups is 1. The van der Waals surface area contributed by atoms with E-state index in [1.807, 2.05) is 6.07 Å². The zero-order valence-corrected chi connectivity index (χ0v) is 15.1. The lowest BCUT2D eigenvalue weighted by molar-refractivity contribution is 0.434. The first-order valence-corrected chi connectivity index (χ1v) is 9.14. The van der Waals surface area contributed by atoms with Gasteiger partial charge in [-0.1, -0.05) is 60.8 Å². The maximum Gasteiger partial charge on any atom is 0.258 e. The largest absolute Gasteiger partial charge is 0.493 e. The molecule has 0 atom stereocenters. The fraction of sp³-hybridized carbons (Fsp3) is 0.375. The third-order valence-electron chi connectivity index (χ3n) is 3.36. The van der Waals surface area contributed by atoms with Crippen LogP contribution in [0.25, 0.3) is 0 Å². The topological polar surface area (TPSA) is 66.0 Å². The maximum absolute atomic E-state index is 12.1. The maximum atomic E-state index is 12.1. The first-order chi connectivity index (χ1) is 11.0. The van der Waals surface area contributed by atoms with Crippen molar-refractivity contribution in [2.45, 2.75) is 43.5 Å². The van der Waals surface area contributed by atoms with E-state index < -0.39 is 0 Å². The van der Waals surface area contributed by atoms with E-state index >= 15 is 0 Å². The minimum absolute atomic E-state index is 0.179. The summed E-state index contributed by atoms with van der Waals surface area (Å²) in [6.45, 7) is 2.09. The number of nitrogens with one attached hydrogen (secondary N) is 1. The molecule has 0 saturated heterocycles. The summed E-state index contributed by atoms with van der Waals surface area (Å²) in [7, 11) is 0. The van der Waals surface area contributed by atoms with Crippen LogP contribution in [0, 0.1) is 0 Å². The number of aromatic hydroxyl groups is 1. The van der Waals surface area contributed by atoms with Crippen molar-refractivity contribution in [3.63, 3.8) is 0 Å². The van der Waals surface area contributed by atoms with Gasteiger partial charge in [-0.05, 0) is 30.5 Å². The Hall–Kier alpha value is -1.17. The highest BCUT2D eigenvalue weighted by atomic mass is 35.5. The van der Waals surface area contributed by atoms with Gasteiger partial charge in [0.1, 0.15) is 0 Å². The van der Waals surface area contributed by atoms with Gasteiger partial charge in [-0.15, -0.1) is 0 Å². The van der Waals surface area contributed by atoms with Crippen molar-refractivity contribution in [3.8, 4) is 5.88 Å². The Balaban J connectivity index is 2.06. The molecule has 0 spiro atoms. The molecule has 0 bridgehead atoms. The highest BCUT2D eigenvalue weighted by Crippen LogP contribution is 2.26. The number of aromatic nitrogens is 2. The summed E-state index contributed by atoms with van der Waals surface area (Å²) < 4.78 is 0. The molecule has 23 heavy (non-hydrogen) atoms. The molecule has 4 nitrogen and oxygen atoms in total. The van der Waals surface area contributed by atoms with Crippen molar-refractivity contribution in [2.75, 3.05) is 0 Å². The van der Waals surface area contributed by atoms with E-state index in [0.29, 0.717) is 32.9 Å². The summed E-state index contributed by atoms with van der Waals surface area (Å²) >= 11 is 13.2. The third kappa shape index (κ3) is 5.16. The van der Waals surface area contributed by atoms with Crippen molar-refractivity contribution >= 4 is 35.0 Å². The Labute approximate surface area is 149 Å². The number of nitrogens with zero attached hydrogens (tertiary/aromatic N) is 1. The SMILES string of the molecule is CCCCCc1c(O)nc(SCc2ccc(Cl)c(Cl)c2)[nH]c1=O. The highest BCUT2D eigenvalue weighted by Gasteiger charge is 2.11. The van der Waals surface area contributed by atoms with Crippen molar-refractivity contribution < 1.29 is 5.11 Å². The van der Waals surface area contributed by atoms with Gasteiger partial charge in [0.15, 0.2) is 5.16 Å². The Morgan fingerprint density at radius 2 is 2.04 bits per heavy atom. The normalized spacial score (nSPS) is 10.9. The summed E-state index contributed by atoms with van der Waals surface area (Å²) in [5.41, 5.74) is 1.04. The van der Waals surface area contributed by atoms with E-state index in [9.17, 15) is 9.90 Å². The lowest BCUT2D eigenvalue weighted by Crippen LogP contribution is -2.15. The smallest absolute Gasteiger partial charge is 0.258 e. The summed E-state index contributed by atoms with van der Waals surface area (Å²) in [6, 6.07) is 5.36. The highest BCUT2D eigenvalue weighted by molar-refractivity contribution is 7.98. The van der Waals surface area contributed by atoms with Crippen LogP contribution in [0.4, 0.5) is 0 Å². The zero-order valence-electron chi connectivity index (χ0n) is 12.7. The summed E-state index contributed by atoms with van der Waals surface area (Å²) in [6.07, 6.45) is 3.49. The molecule has 2 N–H and O–H groups in total. The average molecular weight is 373 g/mol. The van der Waals surface area contributed by atoms with Crippen LogP contribution in [0.3, 0.4) is 0 Å². The van der Waals surface area contributed by atoms with Crippen LogP contribution in [-0.4, -0.2) is 15.1 Å². The molecule has 0 amide bonds. The van der Waals surface area contributed by atoms with Crippen LogP contribution in [-0.2, 0) is 12.2 Å². The van der Waals surface area contributed by atoms with Crippen LogP contribution < -0.4 is 5.56 Å². The number of benzene rings is 1. The molecule has 1 aromatic carbocycles. The number of hydrogen-bond donors (Lipinski definition) is 2. The Bertz CT molecular complexity index is 735. The van der Waals surface area contributed by atoms with Gasteiger partial charge in [0.2, 0.25) is 5.88 Å². The number of rotatable bonds is 7. The fourth-order valence-electron chi connectivity index (χ4n) is 2.09. The van der Waals surface area contributed by atoms with Crippen LogP contribution >= 0.6 is 35.0 Å². The Morgan fingerprint density at radius 1 is 1.26 bits per heavy atom. The lowest BCUT2D eigenvalue weighted by Gasteiger charge is -2.06. The van der Waals surface area contributed by atoms with E-state index in [1.54, 1.807) is 12.1 Å². The minimum Gasteiger partial charge on any atom is -0.493 e. The van der Waals surface area contributed by atoms with Crippen LogP contribution in [0.5, 0.6) is 5.88 Å². The first kappa shape index (κ1) is 18.2. The van der Waals surface area contributed by atoms with Crippen molar-refractivity contribution in [1.29, 1.82) is 0 Å². The van der Waals surface area contributed by atoms with E-state index in [-0.39, 0.29) is 11.4 Å². The van der Waals surface area contributed by atoms with E-state index in [1.165, 1.54) is 11.8 Å². The van der Waals surface area contributed by atoms with Crippen molar-refractivity contribution in [1.82, 2.24) is 9.97 Å². The average Bonchev–Trinajstić information content (AvgIpc) is 2.51. The third-order valence-corrected chi connectivity index (χ3v) is 5.05. The number of hydrogen-bond acceptors (Lipinski definition) is 4. The number of halogens is 2. The van der Waals surface area contributed by atoms with Crippen molar-refractivity contribution in [2.24, 2.45) is 0 Å². The second-order valence-corrected chi connectivity index (χ2v) is 6.95. The quantitative estimate of drug-likeness (QED) is 0.415. The van der Waals surface area contributed by atoms with Crippen LogP contribution in [0.2, 0.25) is 10.0 Å². The monoisotopic (exact) mass is 372 g/mol. The molecular formula is C16H18Cl2N2O2S. The molecule has 0 radical (unpaired) electrons. The van der Waals surface area contributed by atoms with Gasteiger partial charge < -0.3 is 10.1 Å². The van der Waals surface area contributed by atoms with E-state index in [2.05, 4.69) is 16.9 Å². The van der Waals surface area contributed by atoms with Gasteiger partial charge in [-0.25, -0.2) is 0 Å². The Kier molecular flexibility index (Phi) is 6.81. The number of H-pyrrole nitrogens is 1. The first-order valence-electron chi connectivity index (χ1n) is 7.40. The van der Waals surface area contributed by atoms with Crippen LogP contribution in [0.15, 0.2) is 28.2 Å². The summed E-state index contributed by atoms with van der Waals surface area (Å²) in [5, 5.41) is 11.3. The van der Waals surface area contributed by atoms with Crippen LogP contribution in [0.1, 0.15) is 37.3 Å². The number of aromatic amines is 1. The fourth-order valence-corrected chi connectivity index (χ4v) is 3.21. The zero-order chi connectivity index (χ0) is 16.8. The van der Waals surface area contributed by atoms with E-state index in [4.69, 9.17) is 23.2 Å². The van der Waals surface area contributed by atoms with Gasteiger partial charge in [0.25, 0.3) is 5.56 Å². The molecule has 0 aliphatic heterocycles. The molecule has 0 aliphatic rings. The standard InChI is InChI=1S/C16H18Cl2N2O2S/c1-2-3-4-5-11-14(21)19-16(20-15(11)22)23-9-10-6-7-12(17)13(18)8-10/h6-8H,2-5,9H2,1H3,(H2,19,20,21,22). The molecule has 0 fully saturated rings. The molecule has 1 heterocycles. The molecular weight excluding hydrogens is 355 g/mol. The second kappa shape index (κ2) is 8.62. The van der Waals surface area contributed by atoms with E-state index in [0.717, 1.165) is 24.8 Å². The van der Waals surface area contributed by atoms with Gasteiger partial charge in [-0.2, -0.15) is 4.98 Å². The van der Waals surface area contributed by atoms with Crippen molar-refractivity contribution in [3.05, 3.63) is 49.7 Å². The lowest BCUT2D eigenvalue weighted by atomic mass is 10.1. The number of unbranched alkanes of at least 4 members (excludes halogenated alkanes) is 2. The summed E-state index contributed by atoms with van der Waals surface area (Å²) in [4.78, 5) is 18.8. The molecule has 0 aliphatic carbocycles. The molecule has 124 valence electrons. The summed E-state index contributed by atoms with van der Waals surface area (Å²) in [5.74, 6) is 0.385. The predicted molar refractivity (Wildman–Crippen MR) is 95.8 cm³/mol.